The third-order valence-corrected chi connectivity index (χ3v) is 4.55. The number of hydrogen-bond acceptors (Lipinski definition) is 5. The second-order valence-electron chi connectivity index (χ2n) is 6.38. The van der Waals surface area contributed by atoms with E-state index in [1.165, 1.54) is 12.1 Å². The Morgan fingerprint density at radius 2 is 2.15 bits per heavy atom. The van der Waals surface area contributed by atoms with E-state index in [2.05, 4.69) is 16.9 Å². The van der Waals surface area contributed by atoms with Gasteiger partial charge >= 0.3 is 5.97 Å². The normalized spacial score (nSPS) is 12.0. The van der Waals surface area contributed by atoms with Gasteiger partial charge in [-0.3, -0.25) is 0 Å². The number of aryl methyl sites for hydroxylation is 1. The van der Waals surface area contributed by atoms with E-state index in [9.17, 15) is 9.18 Å². The van der Waals surface area contributed by atoms with Crippen LogP contribution in [-0.4, -0.2) is 32.1 Å². The Morgan fingerprint density at radius 1 is 1.30 bits per heavy atom. The SMILES string of the molecule is CCCc1ncc2c(n1)-c1cc(F)ccc1-n1cnc(C(=O)OCC)c1C2. The maximum Gasteiger partial charge on any atom is 0.358 e. The van der Waals surface area contributed by atoms with Crippen LogP contribution in [0.15, 0.2) is 30.7 Å². The van der Waals surface area contributed by atoms with Gasteiger partial charge in [0.1, 0.15) is 18.0 Å². The third-order valence-electron chi connectivity index (χ3n) is 4.55. The van der Waals surface area contributed by atoms with Crippen molar-refractivity contribution >= 4 is 5.97 Å². The molecule has 4 rings (SSSR count). The Kier molecular flexibility index (Phi) is 4.43. The van der Waals surface area contributed by atoms with Gasteiger partial charge in [0, 0.05) is 30.2 Å². The van der Waals surface area contributed by atoms with Crippen LogP contribution >= 0.6 is 0 Å². The number of ether oxygens (including phenoxy) is 1. The van der Waals surface area contributed by atoms with Crippen LogP contribution in [0.1, 0.15) is 47.8 Å². The number of nitrogens with zero attached hydrogens (tertiary/aromatic N) is 4. The first-order valence-electron chi connectivity index (χ1n) is 9.00. The molecule has 0 atom stereocenters. The Morgan fingerprint density at radius 3 is 2.93 bits per heavy atom. The summed E-state index contributed by atoms with van der Waals surface area (Å²) in [7, 11) is 0. The summed E-state index contributed by atoms with van der Waals surface area (Å²) in [5.74, 6) is -0.0896. The molecule has 1 aliphatic heterocycles. The van der Waals surface area contributed by atoms with Gasteiger partial charge < -0.3 is 9.30 Å². The lowest BCUT2D eigenvalue weighted by molar-refractivity contribution is 0.0519. The van der Waals surface area contributed by atoms with Crippen molar-refractivity contribution in [3.8, 4) is 16.9 Å². The van der Waals surface area contributed by atoms with Crippen LogP contribution in [-0.2, 0) is 17.6 Å². The van der Waals surface area contributed by atoms with Gasteiger partial charge in [-0.25, -0.2) is 24.1 Å². The van der Waals surface area contributed by atoms with Gasteiger partial charge in [0.2, 0.25) is 0 Å². The van der Waals surface area contributed by atoms with Crippen LogP contribution in [0.3, 0.4) is 0 Å². The van der Waals surface area contributed by atoms with Crippen molar-refractivity contribution in [3.63, 3.8) is 0 Å². The predicted octanol–water partition coefficient (Wildman–Crippen LogP) is 3.50. The molecule has 3 aromatic rings. The molecule has 3 heterocycles. The first-order chi connectivity index (χ1) is 13.1. The minimum absolute atomic E-state index is 0.262. The maximum absolute atomic E-state index is 14.0. The van der Waals surface area contributed by atoms with Crippen molar-refractivity contribution < 1.29 is 13.9 Å². The monoisotopic (exact) mass is 366 g/mol. The molecule has 0 radical (unpaired) electrons. The van der Waals surface area contributed by atoms with Crippen LogP contribution in [0.5, 0.6) is 0 Å². The molecular weight excluding hydrogens is 347 g/mol. The largest absolute Gasteiger partial charge is 0.461 e. The van der Waals surface area contributed by atoms with Crippen LogP contribution in [0.25, 0.3) is 16.9 Å². The first kappa shape index (κ1) is 17.3. The predicted molar refractivity (Wildman–Crippen MR) is 97.3 cm³/mol. The maximum atomic E-state index is 14.0. The summed E-state index contributed by atoms with van der Waals surface area (Å²) in [5.41, 5.74) is 3.86. The lowest BCUT2D eigenvalue weighted by atomic mass is 10.0. The minimum atomic E-state index is -0.470. The van der Waals surface area contributed by atoms with E-state index in [0.29, 0.717) is 23.4 Å². The summed E-state index contributed by atoms with van der Waals surface area (Å²) in [6.45, 7) is 4.09. The van der Waals surface area contributed by atoms with E-state index in [1.54, 1.807) is 25.5 Å². The number of fused-ring (bicyclic) bond motifs is 5. The minimum Gasteiger partial charge on any atom is -0.461 e. The molecule has 0 amide bonds. The number of aromatic nitrogens is 4. The molecule has 0 fully saturated rings. The molecule has 1 aromatic carbocycles. The van der Waals surface area contributed by atoms with Crippen molar-refractivity contribution in [2.24, 2.45) is 0 Å². The van der Waals surface area contributed by atoms with Gasteiger partial charge in [-0.2, -0.15) is 0 Å². The van der Waals surface area contributed by atoms with Gasteiger partial charge in [-0.1, -0.05) is 6.92 Å². The fraction of sp³-hybridized carbons (Fsp3) is 0.300. The summed E-state index contributed by atoms with van der Waals surface area (Å²) >= 11 is 0. The molecule has 0 N–H and O–H groups in total. The van der Waals surface area contributed by atoms with Crippen molar-refractivity contribution in [1.82, 2.24) is 19.5 Å². The fourth-order valence-electron chi connectivity index (χ4n) is 3.36. The first-order valence-corrected chi connectivity index (χ1v) is 9.00. The molecule has 0 spiro atoms. The zero-order valence-electron chi connectivity index (χ0n) is 15.2. The lowest BCUT2D eigenvalue weighted by Gasteiger charge is -2.10. The third kappa shape index (κ3) is 2.99. The summed E-state index contributed by atoms with van der Waals surface area (Å²) in [6, 6.07) is 4.54. The van der Waals surface area contributed by atoms with E-state index in [1.807, 2.05) is 4.57 Å². The average Bonchev–Trinajstić information content (AvgIpc) is 3.01. The highest BCUT2D eigenvalue weighted by Gasteiger charge is 2.27. The highest BCUT2D eigenvalue weighted by molar-refractivity contribution is 5.89. The van der Waals surface area contributed by atoms with E-state index in [4.69, 9.17) is 9.72 Å². The molecule has 138 valence electrons. The smallest absolute Gasteiger partial charge is 0.358 e. The van der Waals surface area contributed by atoms with Crippen molar-refractivity contribution in [2.75, 3.05) is 6.61 Å². The second kappa shape index (κ2) is 6.90. The van der Waals surface area contributed by atoms with E-state index >= 15 is 0 Å². The number of halogens is 1. The van der Waals surface area contributed by atoms with E-state index in [-0.39, 0.29) is 18.1 Å². The molecule has 27 heavy (non-hydrogen) atoms. The standard InChI is InChI=1S/C20H19FN4O2/c1-3-5-17-22-10-12-8-16-19(20(26)27-4-2)23-11-25(16)15-7-6-13(21)9-14(15)18(12)24-17/h6-7,9-11H,3-5,8H2,1-2H3. The number of rotatable bonds is 4. The number of carbonyl (C=O) groups is 1. The second-order valence-corrected chi connectivity index (χ2v) is 6.38. The molecule has 0 saturated carbocycles. The van der Waals surface area contributed by atoms with Gasteiger partial charge in [0.15, 0.2) is 5.69 Å². The van der Waals surface area contributed by atoms with Gasteiger partial charge in [-0.15, -0.1) is 0 Å². The highest BCUT2D eigenvalue weighted by Crippen LogP contribution is 2.35. The molecule has 7 heteroatoms. The number of imidazole rings is 1. The van der Waals surface area contributed by atoms with Crippen LogP contribution < -0.4 is 0 Å². The van der Waals surface area contributed by atoms with Crippen molar-refractivity contribution in [3.05, 3.63) is 59.3 Å². The van der Waals surface area contributed by atoms with Crippen LogP contribution in [0, 0.1) is 5.82 Å². The van der Waals surface area contributed by atoms with Crippen molar-refractivity contribution in [1.29, 1.82) is 0 Å². The van der Waals surface area contributed by atoms with Crippen molar-refractivity contribution in [2.45, 2.75) is 33.1 Å². The topological polar surface area (TPSA) is 69.9 Å². The van der Waals surface area contributed by atoms with E-state index in [0.717, 1.165) is 29.9 Å². The molecule has 0 saturated heterocycles. The Balaban J connectivity index is 1.95. The number of esters is 1. The Hall–Kier alpha value is -3.09. The quantitative estimate of drug-likeness (QED) is 0.517. The van der Waals surface area contributed by atoms with E-state index < -0.39 is 5.97 Å². The average molecular weight is 366 g/mol. The Labute approximate surface area is 156 Å². The van der Waals surface area contributed by atoms with Gasteiger partial charge in [0.25, 0.3) is 0 Å². The zero-order valence-corrected chi connectivity index (χ0v) is 15.2. The summed E-state index contributed by atoms with van der Waals surface area (Å²) < 4.78 is 21.0. The summed E-state index contributed by atoms with van der Waals surface area (Å²) in [6.07, 6.45) is 5.42. The molecule has 0 unspecified atom stereocenters. The van der Waals surface area contributed by atoms with Gasteiger partial charge in [0.05, 0.1) is 23.7 Å². The molecule has 2 aromatic heterocycles. The highest BCUT2D eigenvalue weighted by atomic mass is 19.1. The summed E-state index contributed by atoms with van der Waals surface area (Å²) in [5, 5.41) is 0. The molecule has 0 aliphatic carbocycles. The van der Waals surface area contributed by atoms with Crippen LogP contribution in [0.4, 0.5) is 4.39 Å². The Bertz CT molecular complexity index is 1030. The molecule has 6 nitrogen and oxygen atoms in total. The molecule has 0 bridgehead atoms. The number of benzene rings is 1. The fourth-order valence-corrected chi connectivity index (χ4v) is 3.36. The van der Waals surface area contributed by atoms with Gasteiger partial charge in [-0.05, 0) is 31.5 Å². The molecule has 1 aliphatic rings. The number of hydrogen-bond donors (Lipinski definition) is 0. The lowest BCUT2D eigenvalue weighted by Crippen LogP contribution is -2.10. The number of carbonyl (C=O) groups excluding carboxylic acids is 1. The molecular formula is C20H19FN4O2. The van der Waals surface area contributed by atoms with Crippen LogP contribution in [0.2, 0.25) is 0 Å². The summed E-state index contributed by atoms with van der Waals surface area (Å²) in [4.78, 5) is 25.7. The zero-order chi connectivity index (χ0) is 19.0.